The first kappa shape index (κ1) is 13.0. The maximum absolute atomic E-state index is 6.30. The molecule has 0 N–H and O–H groups in total. The zero-order valence-corrected chi connectivity index (χ0v) is 12.3. The molecule has 4 rings (SSSR count). The van der Waals surface area contributed by atoms with Crippen molar-refractivity contribution < 1.29 is 0 Å². The Morgan fingerprint density at radius 2 is 1.64 bits per heavy atom. The van der Waals surface area contributed by atoms with E-state index in [9.17, 15) is 0 Å². The molecule has 2 aromatic carbocycles. The van der Waals surface area contributed by atoms with E-state index >= 15 is 0 Å². The maximum atomic E-state index is 6.30. The summed E-state index contributed by atoms with van der Waals surface area (Å²) in [6.45, 7) is 0. The zero-order chi connectivity index (χ0) is 14.9. The molecular formula is C17H11ClN4. The highest BCUT2D eigenvalue weighted by atomic mass is 35.5. The van der Waals surface area contributed by atoms with Gasteiger partial charge in [-0.25, -0.2) is 9.38 Å². The quantitative estimate of drug-likeness (QED) is 0.524. The molecule has 0 spiro atoms. The Bertz CT molecular complexity index is 990. The van der Waals surface area contributed by atoms with Crippen molar-refractivity contribution in [1.29, 1.82) is 0 Å². The van der Waals surface area contributed by atoms with Crippen LogP contribution in [-0.4, -0.2) is 19.6 Å². The molecule has 2 heterocycles. The van der Waals surface area contributed by atoms with E-state index in [4.69, 9.17) is 11.6 Å². The van der Waals surface area contributed by atoms with Crippen molar-refractivity contribution in [2.75, 3.05) is 0 Å². The van der Waals surface area contributed by atoms with E-state index in [2.05, 4.69) is 15.2 Å². The molecule has 0 radical (unpaired) electrons. The fourth-order valence-electron chi connectivity index (χ4n) is 2.41. The number of fused-ring (bicyclic) bond motifs is 3. The second-order valence-corrected chi connectivity index (χ2v) is 5.20. The van der Waals surface area contributed by atoms with Crippen molar-refractivity contribution >= 4 is 40.3 Å². The number of aromatic nitrogens is 4. The number of hydrogen-bond donors (Lipinski definition) is 0. The van der Waals surface area contributed by atoms with Crippen molar-refractivity contribution in [2.24, 2.45) is 0 Å². The molecule has 0 bridgehead atoms. The maximum Gasteiger partial charge on any atom is 0.210 e. The topological polar surface area (TPSA) is 43.1 Å². The van der Waals surface area contributed by atoms with Gasteiger partial charge in [0.1, 0.15) is 0 Å². The highest BCUT2D eigenvalue weighted by Gasteiger charge is 2.11. The first-order valence-electron chi connectivity index (χ1n) is 6.85. The number of rotatable bonds is 2. The van der Waals surface area contributed by atoms with Crippen LogP contribution in [0.2, 0.25) is 5.28 Å². The van der Waals surface area contributed by atoms with Gasteiger partial charge in [0.25, 0.3) is 0 Å². The number of benzene rings is 2. The summed E-state index contributed by atoms with van der Waals surface area (Å²) in [7, 11) is 0. The standard InChI is InChI=1S/C17H11ClN4/c18-17-19-14-9-5-4-8-13(14)16-21-20-15(22(16)17)11-10-12-6-2-1-3-7-12/h1-11H/b11-10+. The molecule has 5 heteroatoms. The molecular weight excluding hydrogens is 296 g/mol. The third kappa shape index (κ3) is 2.14. The zero-order valence-electron chi connectivity index (χ0n) is 11.5. The van der Waals surface area contributed by atoms with Gasteiger partial charge in [0, 0.05) is 5.39 Å². The van der Waals surface area contributed by atoms with Gasteiger partial charge in [-0.1, -0.05) is 48.5 Å². The molecule has 0 aliphatic heterocycles. The number of hydrogen-bond acceptors (Lipinski definition) is 3. The number of nitrogens with zero attached hydrogens (tertiary/aromatic N) is 4. The SMILES string of the molecule is Clc1nc2ccccc2c2nnc(/C=C/c3ccccc3)n12. The normalized spacial score (nSPS) is 11.7. The lowest BCUT2D eigenvalue weighted by Crippen LogP contribution is -1.95. The predicted molar refractivity (Wildman–Crippen MR) is 88.7 cm³/mol. The van der Waals surface area contributed by atoms with E-state index in [0.29, 0.717) is 16.8 Å². The first-order valence-corrected chi connectivity index (χ1v) is 7.23. The predicted octanol–water partition coefficient (Wildman–Crippen LogP) is 4.10. The van der Waals surface area contributed by atoms with Crippen LogP contribution in [0.5, 0.6) is 0 Å². The summed E-state index contributed by atoms with van der Waals surface area (Å²) >= 11 is 6.30. The van der Waals surface area contributed by atoms with E-state index in [-0.39, 0.29) is 0 Å². The fourth-order valence-corrected chi connectivity index (χ4v) is 2.66. The minimum absolute atomic E-state index is 0.353. The van der Waals surface area contributed by atoms with Gasteiger partial charge in [0.2, 0.25) is 5.28 Å². The molecule has 0 unspecified atom stereocenters. The summed E-state index contributed by atoms with van der Waals surface area (Å²) in [6, 6.07) is 17.8. The lowest BCUT2D eigenvalue weighted by atomic mass is 10.2. The van der Waals surface area contributed by atoms with E-state index in [1.165, 1.54) is 0 Å². The molecule has 0 amide bonds. The summed E-state index contributed by atoms with van der Waals surface area (Å²) in [5.41, 5.74) is 2.61. The molecule has 22 heavy (non-hydrogen) atoms. The number of halogens is 1. The van der Waals surface area contributed by atoms with Gasteiger partial charge in [-0.3, -0.25) is 0 Å². The Morgan fingerprint density at radius 3 is 2.50 bits per heavy atom. The molecule has 2 aromatic heterocycles. The van der Waals surface area contributed by atoms with Crippen LogP contribution in [0.3, 0.4) is 0 Å². The van der Waals surface area contributed by atoms with E-state index < -0.39 is 0 Å². The summed E-state index contributed by atoms with van der Waals surface area (Å²) in [5.74, 6) is 0.655. The summed E-state index contributed by atoms with van der Waals surface area (Å²) < 4.78 is 1.75. The molecule has 4 nitrogen and oxygen atoms in total. The molecule has 0 fully saturated rings. The van der Waals surface area contributed by atoms with Crippen molar-refractivity contribution in [1.82, 2.24) is 19.6 Å². The Morgan fingerprint density at radius 1 is 0.864 bits per heavy atom. The first-order chi connectivity index (χ1) is 10.8. The minimum Gasteiger partial charge on any atom is -0.249 e. The van der Waals surface area contributed by atoms with Gasteiger partial charge in [-0.15, -0.1) is 10.2 Å². The number of para-hydroxylation sites is 1. The Kier molecular flexibility index (Phi) is 3.09. The van der Waals surface area contributed by atoms with Gasteiger partial charge in [-0.2, -0.15) is 0 Å². The van der Waals surface area contributed by atoms with Gasteiger partial charge in [-0.05, 0) is 35.4 Å². The van der Waals surface area contributed by atoms with Gasteiger partial charge >= 0.3 is 0 Å². The summed E-state index contributed by atoms with van der Waals surface area (Å²) in [6.07, 6.45) is 3.86. The largest absolute Gasteiger partial charge is 0.249 e. The Balaban J connectivity index is 1.89. The Labute approximate surface area is 131 Å². The smallest absolute Gasteiger partial charge is 0.210 e. The third-order valence-corrected chi connectivity index (χ3v) is 3.71. The molecule has 106 valence electrons. The molecule has 4 aromatic rings. The second kappa shape index (κ2) is 5.24. The van der Waals surface area contributed by atoms with Crippen molar-refractivity contribution in [3.8, 4) is 0 Å². The van der Waals surface area contributed by atoms with Crippen LogP contribution in [-0.2, 0) is 0 Å². The van der Waals surface area contributed by atoms with Gasteiger partial charge in [0.05, 0.1) is 5.52 Å². The fraction of sp³-hybridized carbons (Fsp3) is 0. The van der Waals surface area contributed by atoms with Crippen molar-refractivity contribution in [3.05, 3.63) is 71.3 Å². The average Bonchev–Trinajstić information content (AvgIpc) is 2.99. The molecule has 0 atom stereocenters. The molecule has 0 aliphatic carbocycles. The average molecular weight is 307 g/mol. The van der Waals surface area contributed by atoms with Crippen LogP contribution in [0.1, 0.15) is 11.4 Å². The van der Waals surface area contributed by atoms with Crippen LogP contribution in [0.15, 0.2) is 54.6 Å². The molecule has 0 aliphatic rings. The molecule has 0 saturated carbocycles. The van der Waals surface area contributed by atoms with E-state index in [1.54, 1.807) is 4.40 Å². The van der Waals surface area contributed by atoms with Crippen molar-refractivity contribution in [2.45, 2.75) is 0 Å². The monoisotopic (exact) mass is 306 g/mol. The third-order valence-electron chi connectivity index (χ3n) is 3.45. The summed E-state index contributed by atoms with van der Waals surface area (Å²) in [4.78, 5) is 4.41. The lowest BCUT2D eigenvalue weighted by Gasteiger charge is -2.02. The second-order valence-electron chi connectivity index (χ2n) is 4.86. The lowest BCUT2D eigenvalue weighted by molar-refractivity contribution is 1.06. The highest BCUT2D eigenvalue weighted by molar-refractivity contribution is 6.29. The van der Waals surface area contributed by atoms with Crippen LogP contribution in [0, 0.1) is 0 Å². The minimum atomic E-state index is 0.353. The van der Waals surface area contributed by atoms with E-state index in [0.717, 1.165) is 16.5 Å². The highest BCUT2D eigenvalue weighted by Crippen LogP contribution is 2.22. The van der Waals surface area contributed by atoms with Crippen molar-refractivity contribution in [3.63, 3.8) is 0 Å². The van der Waals surface area contributed by atoms with Gasteiger partial charge < -0.3 is 0 Å². The molecule has 0 saturated heterocycles. The van der Waals surface area contributed by atoms with E-state index in [1.807, 2.05) is 66.7 Å². The van der Waals surface area contributed by atoms with Crippen LogP contribution in [0.25, 0.3) is 28.7 Å². The summed E-state index contributed by atoms with van der Waals surface area (Å²) in [5, 5.41) is 9.76. The van der Waals surface area contributed by atoms with Crippen LogP contribution < -0.4 is 0 Å². The van der Waals surface area contributed by atoms with Gasteiger partial charge in [0.15, 0.2) is 11.5 Å². The van der Waals surface area contributed by atoms with Crippen LogP contribution in [0.4, 0.5) is 0 Å². The Hall–Kier alpha value is -2.72. The van der Waals surface area contributed by atoms with Crippen LogP contribution >= 0.6 is 11.6 Å².